The Labute approximate surface area is 199 Å². The first kappa shape index (κ1) is 25.1. The van der Waals surface area contributed by atoms with Crippen molar-refractivity contribution in [3.63, 3.8) is 0 Å². The van der Waals surface area contributed by atoms with Crippen LogP contribution in [0.5, 0.6) is 5.75 Å². The van der Waals surface area contributed by atoms with Crippen LogP contribution in [0.4, 0.5) is 5.69 Å². The second-order valence-electron chi connectivity index (χ2n) is 8.80. The fourth-order valence-corrected chi connectivity index (χ4v) is 4.47. The van der Waals surface area contributed by atoms with Gasteiger partial charge in [0, 0.05) is 34.1 Å². The minimum absolute atomic E-state index is 0.0136. The Hall–Kier alpha value is -3.49. The van der Waals surface area contributed by atoms with Gasteiger partial charge in [-0.1, -0.05) is 49.6 Å². The van der Waals surface area contributed by atoms with Crippen molar-refractivity contribution in [2.45, 2.75) is 63.6 Å². The van der Waals surface area contributed by atoms with Crippen LogP contribution >= 0.6 is 0 Å². The summed E-state index contributed by atoms with van der Waals surface area (Å²) < 4.78 is 5.65. The van der Waals surface area contributed by atoms with Gasteiger partial charge in [0.05, 0.1) is 13.0 Å². The van der Waals surface area contributed by atoms with E-state index in [-0.39, 0.29) is 31.4 Å². The van der Waals surface area contributed by atoms with Gasteiger partial charge < -0.3 is 9.64 Å². The maximum Gasteiger partial charge on any atom is 0.236 e. The second-order valence-corrected chi connectivity index (χ2v) is 8.80. The summed E-state index contributed by atoms with van der Waals surface area (Å²) in [6.45, 7) is 1.25. The molecule has 34 heavy (non-hydrogen) atoms. The van der Waals surface area contributed by atoms with Crippen molar-refractivity contribution in [3.8, 4) is 5.75 Å². The van der Waals surface area contributed by atoms with Crippen molar-refractivity contribution in [1.29, 1.82) is 0 Å². The van der Waals surface area contributed by atoms with E-state index in [0.717, 1.165) is 32.1 Å². The topological polar surface area (TPSA) is 116 Å². The Morgan fingerprint density at radius 3 is 2.29 bits per heavy atom. The third-order valence-electron chi connectivity index (χ3n) is 6.32. The number of Topliss-reactive ketones (excluding diaryl/α,β-unsaturated/α-hetero) is 1. The molecule has 182 valence electrons. The van der Waals surface area contributed by atoms with E-state index in [2.05, 4.69) is 0 Å². The minimum Gasteiger partial charge on any atom is -0.485 e. The van der Waals surface area contributed by atoms with E-state index in [9.17, 15) is 25.0 Å². The molecule has 2 aromatic rings. The SMILES string of the molecule is CC(CC(CN(c1ccccc1C(=O)COc1ccccc1)C1CCCCC1)[N+](=O)[O-])[N+](=O)[O-]. The van der Waals surface area contributed by atoms with Crippen molar-refractivity contribution in [3.05, 3.63) is 80.4 Å². The molecule has 0 amide bonds. The van der Waals surface area contributed by atoms with Gasteiger partial charge in [-0.2, -0.15) is 0 Å². The molecule has 1 saturated carbocycles. The van der Waals surface area contributed by atoms with Gasteiger partial charge in [0.15, 0.2) is 6.61 Å². The van der Waals surface area contributed by atoms with Gasteiger partial charge in [0.1, 0.15) is 5.75 Å². The average molecular weight is 470 g/mol. The predicted molar refractivity (Wildman–Crippen MR) is 129 cm³/mol. The van der Waals surface area contributed by atoms with E-state index >= 15 is 0 Å². The van der Waals surface area contributed by atoms with E-state index in [1.54, 1.807) is 36.4 Å². The number of nitrogens with zero attached hydrogens (tertiary/aromatic N) is 3. The zero-order valence-corrected chi connectivity index (χ0v) is 19.4. The maximum absolute atomic E-state index is 13.1. The number of hydrogen-bond donors (Lipinski definition) is 0. The van der Waals surface area contributed by atoms with Gasteiger partial charge >= 0.3 is 0 Å². The summed E-state index contributed by atoms with van der Waals surface area (Å²) in [5.41, 5.74) is 1.06. The van der Waals surface area contributed by atoms with Crippen LogP contribution in [0.3, 0.4) is 0 Å². The van der Waals surface area contributed by atoms with Gasteiger partial charge in [-0.05, 0) is 37.1 Å². The molecule has 2 atom stereocenters. The molecule has 0 heterocycles. The van der Waals surface area contributed by atoms with Crippen LogP contribution in [0.25, 0.3) is 0 Å². The zero-order chi connectivity index (χ0) is 24.5. The van der Waals surface area contributed by atoms with Gasteiger partial charge in [-0.25, -0.2) is 0 Å². The summed E-state index contributed by atoms with van der Waals surface area (Å²) in [7, 11) is 0. The number of carbonyl (C=O) groups excluding carboxylic acids is 1. The highest BCUT2D eigenvalue weighted by Gasteiger charge is 2.34. The molecular formula is C25H31N3O6. The van der Waals surface area contributed by atoms with Crippen LogP contribution in [-0.2, 0) is 0 Å². The average Bonchev–Trinajstić information content (AvgIpc) is 2.86. The Balaban J connectivity index is 1.87. The fraction of sp³-hybridized carbons (Fsp3) is 0.480. The first-order chi connectivity index (χ1) is 16.4. The highest BCUT2D eigenvalue weighted by Crippen LogP contribution is 2.31. The van der Waals surface area contributed by atoms with E-state index in [1.807, 2.05) is 23.1 Å². The summed E-state index contributed by atoms with van der Waals surface area (Å²) in [6.07, 6.45) is 4.66. The molecule has 9 heteroatoms. The van der Waals surface area contributed by atoms with Crippen LogP contribution in [0, 0.1) is 20.2 Å². The molecule has 0 aromatic heterocycles. The van der Waals surface area contributed by atoms with Crippen LogP contribution in [0.2, 0.25) is 0 Å². The van der Waals surface area contributed by atoms with Crippen molar-refractivity contribution in [1.82, 2.24) is 0 Å². The van der Waals surface area contributed by atoms with Gasteiger partial charge in [-0.3, -0.25) is 25.0 Å². The molecule has 1 fully saturated rings. The van der Waals surface area contributed by atoms with Crippen LogP contribution in [0.15, 0.2) is 54.6 Å². The lowest BCUT2D eigenvalue weighted by atomic mass is 9.92. The van der Waals surface area contributed by atoms with Crippen molar-refractivity contribution in [2.75, 3.05) is 18.1 Å². The number of ether oxygens (including phenoxy) is 1. The van der Waals surface area contributed by atoms with Crippen molar-refractivity contribution >= 4 is 11.5 Å². The molecule has 3 rings (SSSR count). The maximum atomic E-state index is 13.1. The first-order valence-corrected chi connectivity index (χ1v) is 11.7. The lowest BCUT2D eigenvalue weighted by Gasteiger charge is -2.37. The van der Waals surface area contributed by atoms with Crippen LogP contribution in [0.1, 0.15) is 55.8 Å². The van der Waals surface area contributed by atoms with Gasteiger partial charge in [0.2, 0.25) is 17.9 Å². The molecule has 0 aliphatic heterocycles. The molecule has 1 aliphatic rings. The third kappa shape index (κ3) is 6.76. The van der Waals surface area contributed by atoms with E-state index in [1.165, 1.54) is 6.92 Å². The molecule has 0 radical (unpaired) electrons. The smallest absolute Gasteiger partial charge is 0.236 e. The molecule has 0 saturated heterocycles. The Morgan fingerprint density at radius 2 is 1.65 bits per heavy atom. The fourth-order valence-electron chi connectivity index (χ4n) is 4.47. The number of rotatable bonds is 12. The number of carbonyl (C=O) groups is 1. The molecule has 9 nitrogen and oxygen atoms in total. The van der Waals surface area contributed by atoms with Crippen LogP contribution in [-0.4, -0.2) is 46.9 Å². The third-order valence-corrected chi connectivity index (χ3v) is 6.32. The quantitative estimate of drug-likeness (QED) is 0.249. The largest absolute Gasteiger partial charge is 0.485 e. The molecular weight excluding hydrogens is 438 g/mol. The Kier molecular flexibility index (Phi) is 8.95. The summed E-state index contributed by atoms with van der Waals surface area (Å²) in [6, 6.07) is 14.0. The zero-order valence-electron chi connectivity index (χ0n) is 19.4. The standard InChI is InChI=1S/C25H31N3O6/c1-19(27(30)31)16-21(28(32)33)17-26(20-10-4-2-5-11-20)24-15-9-8-14-23(24)25(29)18-34-22-12-6-3-7-13-22/h3,6-9,12-15,19-21H,2,4-5,10-11,16-18H2,1H3. The number of nitro groups is 2. The van der Waals surface area contributed by atoms with E-state index in [0.29, 0.717) is 17.0 Å². The lowest BCUT2D eigenvalue weighted by Crippen LogP contribution is -2.46. The molecule has 2 aromatic carbocycles. The minimum atomic E-state index is -1.12. The summed E-state index contributed by atoms with van der Waals surface area (Å²) >= 11 is 0. The Bertz CT molecular complexity index is 978. The van der Waals surface area contributed by atoms with Crippen molar-refractivity contribution < 1.29 is 19.4 Å². The molecule has 1 aliphatic carbocycles. The van der Waals surface area contributed by atoms with E-state index in [4.69, 9.17) is 4.74 Å². The first-order valence-electron chi connectivity index (χ1n) is 11.7. The van der Waals surface area contributed by atoms with Crippen LogP contribution < -0.4 is 9.64 Å². The number of hydrogen-bond acceptors (Lipinski definition) is 7. The normalized spacial score (nSPS) is 15.8. The predicted octanol–water partition coefficient (Wildman–Crippen LogP) is 4.79. The number of anilines is 1. The summed E-state index contributed by atoms with van der Waals surface area (Å²) in [5, 5.41) is 23.0. The molecule has 0 N–H and O–H groups in total. The Morgan fingerprint density at radius 1 is 1.00 bits per heavy atom. The van der Waals surface area contributed by atoms with Gasteiger partial charge in [0.25, 0.3) is 0 Å². The highest BCUT2D eigenvalue weighted by atomic mass is 16.6. The number of benzene rings is 2. The molecule has 0 bridgehead atoms. The monoisotopic (exact) mass is 469 g/mol. The number of ketones is 1. The molecule has 0 spiro atoms. The van der Waals surface area contributed by atoms with Gasteiger partial charge in [-0.15, -0.1) is 0 Å². The second kappa shape index (κ2) is 12.1. The summed E-state index contributed by atoms with van der Waals surface area (Å²) in [4.78, 5) is 37.2. The summed E-state index contributed by atoms with van der Waals surface area (Å²) in [5.74, 6) is 0.358. The lowest BCUT2D eigenvalue weighted by molar-refractivity contribution is -0.556. The van der Waals surface area contributed by atoms with E-state index < -0.39 is 21.9 Å². The molecule has 2 unspecified atom stereocenters. The van der Waals surface area contributed by atoms with Crippen molar-refractivity contribution in [2.24, 2.45) is 0 Å². The highest BCUT2D eigenvalue weighted by molar-refractivity contribution is 6.02. The number of para-hydroxylation sites is 2.